The maximum atomic E-state index is 11.1. The molecule has 1 saturated heterocycles. The standard InChI is InChI=1S/C11H23N3O2/c1-3-11(4-2)6-8-14(9-11)7-5-10(15)16-13-12/h13H,3-9,12H2,1-2H3. The number of nitrogens with two attached hydrogens (primary N) is 1. The van der Waals surface area contributed by atoms with E-state index < -0.39 is 0 Å². The maximum Gasteiger partial charge on any atom is 0.327 e. The van der Waals surface area contributed by atoms with Crippen molar-refractivity contribution in [3.8, 4) is 0 Å². The van der Waals surface area contributed by atoms with Crippen LogP contribution in [0.25, 0.3) is 0 Å². The van der Waals surface area contributed by atoms with E-state index >= 15 is 0 Å². The van der Waals surface area contributed by atoms with E-state index in [9.17, 15) is 4.79 Å². The summed E-state index contributed by atoms with van der Waals surface area (Å²) in [6.45, 7) is 7.45. The van der Waals surface area contributed by atoms with Crippen LogP contribution >= 0.6 is 0 Å². The van der Waals surface area contributed by atoms with Crippen LogP contribution in [-0.4, -0.2) is 30.5 Å². The molecule has 0 aliphatic carbocycles. The van der Waals surface area contributed by atoms with Gasteiger partial charge < -0.3 is 9.74 Å². The highest BCUT2D eigenvalue weighted by Gasteiger charge is 2.34. The molecule has 0 aromatic heterocycles. The largest absolute Gasteiger partial charge is 0.356 e. The lowest BCUT2D eigenvalue weighted by molar-refractivity contribution is -0.151. The molecular formula is C11H23N3O2. The third-order valence-electron chi connectivity index (χ3n) is 3.82. The Bertz CT molecular complexity index is 229. The van der Waals surface area contributed by atoms with Gasteiger partial charge in [0.15, 0.2) is 0 Å². The molecule has 94 valence electrons. The smallest absolute Gasteiger partial charge is 0.327 e. The molecule has 0 aromatic carbocycles. The van der Waals surface area contributed by atoms with E-state index in [1.54, 1.807) is 0 Å². The summed E-state index contributed by atoms with van der Waals surface area (Å²) >= 11 is 0. The second-order valence-corrected chi connectivity index (χ2v) is 4.58. The molecule has 5 heteroatoms. The lowest BCUT2D eigenvalue weighted by Gasteiger charge is -2.26. The van der Waals surface area contributed by atoms with Gasteiger partial charge in [-0.1, -0.05) is 19.4 Å². The predicted octanol–water partition coefficient (Wildman–Crippen LogP) is 0.810. The van der Waals surface area contributed by atoms with Crippen molar-refractivity contribution < 1.29 is 9.63 Å². The van der Waals surface area contributed by atoms with Crippen LogP contribution in [0.5, 0.6) is 0 Å². The van der Waals surface area contributed by atoms with E-state index in [4.69, 9.17) is 5.84 Å². The van der Waals surface area contributed by atoms with Gasteiger partial charge in [-0.25, -0.2) is 5.84 Å². The number of nitrogens with zero attached hydrogens (tertiary/aromatic N) is 1. The van der Waals surface area contributed by atoms with Crippen molar-refractivity contribution in [3.05, 3.63) is 0 Å². The van der Waals surface area contributed by atoms with Crippen molar-refractivity contribution in [1.82, 2.24) is 10.5 Å². The monoisotopic (exact) mass is 229 g/mol. The van der Waals surface area contributed by atoms with E-state index in [0.717, 1.165) is 19.6 Å². The van der Waals surface area contributed by atoms with Gasteiger partial charge in [-0.05, 0) is 31.2 Å². The molecule has 0 radical (unpaired) electrons. The van der Waals surface area contributed by atoms with Crippen LogP contribution in [0.2, 0.25) is 0 Å². The van der Waals surface area contributed by atoms with Crippen LogP contribution in [0, 0.1) is 5.41 Å². The Kier molecular flexibility index (Phi) is 5.18. The number of rotatable bonds is 6. The molecule has 16 heavy (non-hydrogen) atoms. The van der Waals surface area contributed by atoms with Gasteiger partial charge in [0.25, 0.3) is 0 Å². The predicted molar refractivity (Wildman–Crippen MR) is 62.1 cm³/mol. The number of likely N-dealkylation sites (tertiary alicyclic amines) is 1. The Morgan fingerprint density at radius 3 is 2.69 bits per heavy atom. The number of hydrogen-bond acceptors (Lipinski definition) is 5. The van der Waals surface area contributed by atoms with E-state index in [-0.39, 0.29) is 5.97 Å². The topological polar surface area (TPSA) is 67.6 Å². The van der Waals surface area contributed by atoms with Crippen molar-refractivity contribution >= 4 is 5.97 Å². The summed E-state index contributed by atoms with van der Waals surface area (Å²) in [6.07, 6.45) is 4.07. The van der Waals surface area contributed by atoms with Gasteiger partial charge in [-0.2, -0.15) is 0 Å². The number of hydrazine groups is 1. The van der Waals surface area contributed by atoms with Crippen LogP contribution in [-0.2, 0) is 9.63 Å². The summed E-state index contributed by atoms with van der Waals surface area (Å²) in [5, 5.41) is 0. The SMILES string of the molecule is CCC1(CC)CCN(CCC(=O)ONN)C1. The quantitative estimate of drug-likeness (QED) is 0.521. The van der Waals surface area contributed by atoms with Crippen molar-refractivity contribution in [2.75, 3.05) is 19.6 Å². The van der Waals surface area contributed by atoms with Gasteiger partial charge in [0.05, 0.1) is 6.42 Å². The molecule has 0 atom stereocenters. The van der Waals surface area contributed by atoms with Crippen molar-refractivity contribution in [1.29, 1.82) is 0 Å². The highest BCUT2D eigenvalue weighted by atomic mass is 16.7. The molecule has 1 heterocycles. The number of carbonyl (C=O) groups is 1. The molecule has 0 aromatic rings. The normalized spacial score (nSPS) is 19.9. The van der Waals surface area contributed by atoms with E-state index in [2.05, 4.69) is 23.6 Å². The minimum Gasteiger partial charge on any atom is -0.356 e. The fraction of sp³-hybridized carbons (Fsp3) is 0.909. The molecule has 1 rings (SSSR count). The Morgan fingerprint density at radius 2 is 2.19 bits per heavy atom. The molecule has 0 spiro atoms. The first-order valence-electron chi connectivity index (χ1n) is 6.03. The fourth-order valence-electron chi connectivity index (χ4n) is 2.41. The molecule has 0 amide bonds. The first-order chi connectivity index (χ1) is 7.65. The number of nitrogens with one attached hydrogen (secondary N) is 1. The first kappa shape index (κ1) is 13.4. The molecular weight excluding hydrogens is 206 g/mol. The second-order valence-electron chi connectivity index (χ2n) is 4.58. The zero-order valence-electron chi connectivity index (χ0n) is 10.3. The van der Waals surface area contributed by atoms with Gasteiger partial charge in [-0.15, -0.1) is 0 Å². The van der Waals surface area contributed by atoms with Gasteiger partial charge in [0, 0.05) is 13.1 Å². The fourth-order valence-corrected chi connectivity index (χ4v) is 2.41. The summed E-state index contributed by atoms with van der Waals surface area (Å²) < 4.78 is 0. The molecule has 0 bridgehead atoms. The Hall–Kier alpha value is -0.650. The third kappa shape index (κ3) is 3.43. The molecule has 1 fully saturated rings. The molecule has 3 N–H and O–H groups in total. The van der Waals surface area contributed by atoms with E-state index in [0.29, 0.717) is 11.8 Å². The van der Waals surface area contributed by atoms with Crippen molar-refractivity contribution in [2.24, 2.45) is 11.3 Å². The Balaban J connectivity index is 2.28. The minimum absolute atomic E-state index is 0.298. The summed E-state index contributed by atoms with van der Waals surface area (Å²) in [6, 6.07) is 0. The number of carbonyl (C=O) groups excluding carboxylic acids is 1. The first-order valence-corrected chi connectivity index (χ1v) is 6.03. The Labute approximate surface area is 97.2 Å². The van der Waals surface area contributed by atoms with Crippen molar-refractivity contribution in [3.63, 3.8) is 0 Å². The average Bonchev–Trinajstić information content (AvgIpc) is 2.71. The summed E-state index contributed by atoms with van der Waals surface area (Å²) in [7, 11) is 0. The zero-order valence-corrected chi connectivity index (χ0v) is 10.3. The summed E-state index contributed by atoms with van der Waals surface area (Å²) in [5.41, 5.74) is 2.38. The van der Waals surface area contributed by atoms with Gasteiger partial charge in [-0.3, -0.25) is 4.79 Å². The molecule has 5 nitrogen and oxygen atoms in total. The van der Waals surface area contributed by atoms with Crippen LogP contribution in [0.15, 0.2) is 0 Å². The molecule has 1 aliphatic heterocycles. The van der Waals surface area contributed by atoms with E-state index in [1.165, 1.54) is 19.3 Å². The van der Waals surface area contributed by atoms with Gasteiger partial charge in [0.1, 0.15) is 0 Å². The highest BCUT2D eigenvalue weighted by molar-refractivity contribution is 5.69. The maximum absolute atomic E-state index is 11.1. The van der Waals surface area contributed by atoms with Crippen LogP contribution in [0.1, 0.15) is 39.5 Å². The Morgan fingerprint density at radius 1 is 1.50 bits per heavy atom. The number of hydrogen-bond donors (Lipinski definition) is 2. The van der Waals surface area contributed by atoms with Crippen LogP contribution < -0.4 is 11.4 Å². The third-order valence-corrected chi connectivity index (χ3v) is 3.82. The lowest BCUT2D eigenvalue weighted by Crippen LogP contribution is -2.31. The minimum atomic E-state index is -0.298. The van der Waals surface area contributed by atoms with Crippen molar-refractivity contribution in [2.45, 2.75) is 39.5 Å². The summed E-state index contributed by atoms with van der Waals surface area (Å²) in [5.74, 6) is 4.59. The van der Waals surface area contributed by atoms with Gasteiger partial charge in [0.2, 0.25) is 0 Å². The molecule has 1 aliphatic rings. The second kappa shape index (κ2) is 6.18. The lowest BCUT2D eigenvalue weighted by atomic mass is 9.82. The molecule has 0 saturated carbocycles. The average molecular weight is 229 g/mol. The summed E-state index contributed by atoms with van der Waals surface area (Å²) in [4.78, 5) is 17.9. The van der Waals surface area contributed by atoms with Crippen LogP contribution in [0.4, 0.5) is 0 Å². The zero-order chi connectivity index (χ0) is 12.0. The van der Waals surface area contributed by atoms with Crippen LogP contribution in [0.3, 0.4) is 0 Å². The molecule has 0 unspecified atom stereocenters. The van der Waals surface area contributed by atoms with E-state index in [1.807, 2.05) is 5.59 Å². The van der Waals surface area contributed by atoms with Gasteiger partial charge >= 0.3 is 5.97 Å². The highest BCUT2D eigenvalue weighted by Crippen LogP contribution is 2.36.